The van der Waals surface area contributed by atoms with Gasteiger partial charge in [-0.15, -0.1) is 11.3 Å². The van der Waals surface area contributed by atoms with Gasteiger partial charge >= 0.3 is 0 Å². The fourth-order valence-electron chi connectivity index (χ4n) is 2.21. The number of benzene rings is 2. The zero-order valence-corrected chi connectivity index (χ0v) is 15.9. The normalized spacial score (nSPS) is 10.3. The minimum Gasteiger partial charge on any atom is -0.484 e. The Morgan fingerprint density at radius 1 is 1.07 bits per heavy atom. The van der Waals surface area contributed by atoms with Gasteiger partial charge in [-0.3, -0.25) is 20.4 Å². The molecule has 0 aliphatic carbocycles. The first kappa shape index (κ1) is 18.9. The fourth-order valence-corrected chi connectivity index (χ4v) is 3.30. The van der Waals surface area contributed by atoms with E-state index in [0.29, 0.717) is 21.3 Å². The average Bonchev–Trinajstić information content (AvgIpc) is 3.08. The van der Waals surface area contributed by atoms with Crippen LogP contribution in [0.1, 0.15) is 15.4 Å². The molecule has 2 amide bonds. The van der Waals surface area contributed by atoms with Crippen LogP contribution in [0, 0.1) is 6.92 Å². The average molecular weight is 402 g/mol. The maximum atomic E-state index is 12.3. The van der Waals surface area contributed by atoms with Crippen molar-refractivity contribution in [3.63, 3.8) is 0 Å². The first-order chi connectivity index (χ1) is 13.0. The molecule has 0 radical (unpaired) electrons. The summed E-state index contributed by atoms with van der Waals surface area (Å²) in [6.07, 6.45) is 0. The Morgan fingerprint density at radius 3 is 2.48 bits per heavy atom. The number of carbonyl (C=O) groups excluding carboxylic acids is 2. The highest BCUT2D eigenvalue weighted by molar-refractivity contribution is 7.17. The number of hydrogen-bond donors (Lipinski definition) is 2. The van der Waals surface area contributed by atoms with Gasteiger partial charge in [0.15, 0.2) is 6.61 Å². The van der Waals surface area contributed by atoms with Crippen LogP contribution in [0.5, 0.6) is 5.75 Å². The van der Waals surface area contributed by atoms with Gasteiger partial charge in [-0.25, -0.2) is 4.98 Å². The Morgan fingerprint density at radius 2 is 1.78 bits per heavy atom. The van der Waals surface area contributed by atoms with Gasteiger partial charge in [0.05, 0.1) is 5.69 Å². The molecule has 27 heavy (non-hydrogen) atoms. The van der Waals surface area contributed by atoms with Crippen LogP contribution in [0.2, 0.25) is 5.02 Å². The Labute approximate surface area is 165 Å². The number of rotatable bonds is 5. The van der Waals surface area contributed by atoms with Gasteiger partial charge < -0.3 is 4.74 Å². The summed E-state index contributed by atoms with van der Waals surface area (Å²) in [5.41, 5.74) is 6.24. The number of nitrogens with zero attached hydrogens (tertiary/aromatic N) is 1. The van der Waals surface area contributed by atoms with Crippen molar-refractivity contribution in [1.29, 1.82) is 0 Å². The Hall–Kier alpha value is -2.90. The van der Waals surface area contributed by atoms with E-state index in [1.807, 2.05) is 30.3 Å². The molecule has 0 fully saturated rings. The van der Waals surface area contributed by atoms with Crippen LogP contribution in [0.25, 0.3) is 10.6 Å². The van der Waals surface area contributed by atoms with Crippen LogP contribution in [-0.2, 0) is 4.79 Å². The number of ether oxygens (including phenoxy) is 1. The first-order valence-electron chi connectivity index (χ1n) is 8.03. The third-order valence-corrected chi connectivity index (χ3v) is 4.98. The first-order valence-corrected chi connectivity index (χ1v) is 9.23. The molecular formula is C19H16ClN3O3S. The second-order valence-corrected chi connectivity index (χ2v) is 6.98. The lowest BCUT2D eigenvalue weighted by Gasteiger charge is -2.08. The Balaban J connectivity index is 1.54. The number of halogens is 1. The summed E-state index contributed by atoms with van der Waals surface area (Å²) >= 11 is 7.05. The molecule has 1 heterocycles. The highest BCUT2D eigenvalue weighted by atomic mass is 35.5. The maximum absolute atomic E-state index is 12.3. The summed E-state index contributed by atoms with van der Waals surface area (Å²) in [5, 5.41) is 1.32. The maximum Gasteiger partial charge on any atom is 0.281 e. The molecule has 0 saturated carbocycles. The van der Waals surface area contributed by atoms with Crippen molar-refractivity contribution < 1.29 is 14.3 Å². The lowest BCUT2D eigenvalue weighted by Crippen LogP contribution is -2.43. The SMILES string of the molecule is Cc1nc(-c2ccccc2)sc1C(=O)NNC(=O)COc1ccc(Cl)cc1. The molecule has 8 heteroatoms. The monoisotopic (exact) mass is 401 g/mol. The highest BCUT2D eigenvalue weighted by Crippen LogP contribution is 2.27. The van der Waals surface area contributed by atoms with Crippen LogP contribution < -0.4 is 15.6 Å². The molecule has 0 saturated heterocycles. The number of hydrogen-bond acceptors (Lipinski definition) is 5. The van der Waals surface area contributed by atoms with Gasteiger partial charge in [0, 0.05) is 10.6 Å². The van der Waals surface area contributed by atoms with Gasteiger partial charge in [-0.05, 0) is 31.2 Å². The van der Waals surface area contributed by atoms with Crippen LogP contribution in [0.3, 0.4) is 0 Å². The zero-order valence-electron chi connectivity index (χ0n) is 14.4. The third kappa shape index (κ3) is 5.06. The summed E-state index contributed by atoms with van der Waals surface area (Å²) < 4.78 is 5.31. The van der Waals surface area contributed by atoms with Crippen molar-refractivity contribution >= 4 is 34.8 Å². The van der Waals surface area contributed by atoms with E-state index in [0.717, 1.165) is 10.6 Å². The van der Waals surface area contributed by atoms with Crippen molar-refractivity contribution in [2.75, 3.05) is 6.61 Å². The fraction of sp³-hybridized carbons (Fsp3) is 0.105. The summed E-state index contributed by atoms with van der Waals surface area (Å²) in [4.78, 5) is 29.0. The van der Waals surface area contributed by atoms with Crippen molar-refractivity contribution in [3.8, 4) is 16.3 Å². The van der Waals surface area contributed by atoms with E-state index < -0.39 is 11.8 Å². The van der Waals surface area contributed by atoms with Crippen molar-refractivity contribution in [1.82, 2.24) is 15.8 Å². The molecule has 2 N–H and O–H groups in total. The topological polar surface area (TPSA) is 80.3 Å². The highest BCUT2D eigenvalue weighted by Gasteiger charge is 2.16. The molecule has 138 valence electrons. The lowest BCUT2D eigenvalue weighted by molar-refractivity contribution is -0.123. The summed E-state index contributed by atoms with van der Waals surface area (Å²) in [7, 11) is 0. The summed E-state index contributed by atoms with van der Waals surface area (Å²) in [6, 6.07) is 16.2. The number of aromatic nitrogens is 1. The van der Waals surface area contributed by atoms with Crippen LogP contribution in [-0.4, -0.2) is 23.4 Å². The summed E-state index contributed by atoms with van der Waals surface area (Å²) in [6.45, 7) is 1.52. The lowest BCUT2D eigenvalue weighted by atomic mass is 10.2. The van der Waals surface area contributed by atoms with E-state index in [4.69, 9.17) is 16.3 Å². The molecule has 0 aliphatic rings. The predicted molar refractivity (Wildman–Crippen MR) is 105 cm³/mol. The molecule has 0 aliphatic heterocycles. The van der Waals surface area contributed by atoms with Gasteiger partial charge in [0.2, 0.25) is 0 Å². The summed E-state index contributed by atoms with van der Waals surface area (Å²) in [5.74, 6) is -0.401. The Kier molecular flexibility index (Phi) is 6.05. The standard InChI is InChI=1S/C19H16ClN3O3S/c1-12-17(27-19(21-12)13-5-3-2-4-6-13)18(25)23-22-16(24)11-26-15-9-7-14(20)8-10-15/h2-10H,11H2,1H3,(H,22,24)(H,23,25). The molecule has 0 spiro atoms. The smallest absolute Gasteiger partial charge is 0.281 e. The second kappa shape index (κ2) is 8.66. The predicted octanol–water partition coefficient (Wildman–Crippen LogP) is 3.61. The number of hydrazine groups is 1. The third-order valence-electron chi connectivity index (χ3n) is 3.52. The minimum absolute atomic E-state index is 0.237. The van der Waals surface area contributed by atoms with Crippen molar-refractivity contribution in [2.24, 2.45) is 0 Å². The number of thiazole rings is 1. The number of nitrogens with one attached hydrogen (secondary N) is 2. The van der Waals surface area contributed by atoms with E-state index in [9.17, 15) is 9.59 Å². The van der Waals surface area contributed by atoms with E-state index in [2.05, 4.69) is 15.8 Å². The van der Waals surface area contributed by atoms with E-state index in [1.165, 1.54) is 11.3 Å². The molecular weight excluding hydrogens is 386 g/mol. The molecule has 1 aromatic heterocycles. The number of amides is 2. The molecule has 2 aromatic carbocycles. The van der Waals surface area contributed by atoms with Crippen molar-refractivity contribution in [2.45, 2.75) is 6.92 Å². The number of aryl methyl sites for hydroxylation is 1. The molecule has 0 bridgehead atoms. The van der Waals surface area contributed by atoms with Crippen LogP contribution in [0.4, 0.5) is 0 Å². The van der Waals surface area contributed by atoms with E-state index in [1.54, 1.807) is 31.2 Å². The van der Waals surface area contributed by atoms with Gasteiger partial charge in [-0.1, -0.05) is 41.9 Å². The van der Waals surface area contributed by atoms with E-state index >= 15 is 0 Å². The van der Waals surface area contributed by atoms with E-state index in [-0.39, 0.29) is 6.61 Å². The van der Waals surface area contributed by atoms with Gasteiger partial charge in [0.25, 0.3) is 11.8 Å². The molecule has 3 rings (SSSR count). The largest absolute Gasteiger partial charge is 0.484 e. The quantitative estimate of drug-likeness (QED) is 0.640. The van der Waals surface area contributed by atoms with Gasteiger partial charge in [0.1, 0.15) is 15.6 Å². The second-order valence-electron chi connectivity index (χ2n) is 5.54. The zero-order chi connectivity index (χ0) is 19.2. The molecule has 6 nitrogen and oxygen atoms in total. The van der Waals surface area contributed by atoms with Crippen LogP contribution in [0.15, 0.2) is 54.6 Å². The molecule has 3 aromatic rings. The van der Waals surface area contributed by atoms with Crippen molar-refractivity contribution in [3.05, 3.63) is 70.2 Å². The molecule has 0 unspecified atom stereocenters. The van der Waals surface area contributed by atoms with Crippen LogP contribution >= 0.6 is 22.9 Å². The number of carbonyl (C=O) groups is 2. The molecule has 0 atom stereocenters. The Bertz CT molecular complexity index is 943. The minimum atomic E-state index is -0.483. The van der Waals surface area contributed by atoms with Gasteiger partial charge in [-0.2, -0.15) is 0 Å².